The molecule has 1 aromatic rings. The fourth-order valence-corrected chi connectivity index (χ4v) is 2.14. The molecule has 2 atom stereocenters. The first-order chi connectivity index (χ1) is 6.73. The third-order valence-electron chi connectivity index (χ3n) is 2.98. The molecule has 1 saturated carbocycles. The minimum absolute atomic E-state index is 0.0538. The van der Waals surface area contributed by atoms with Gasteiger partial charge in [-0.05, 0) is 25.7 Å². The maximum atomic E-state index is 9.20. The van der Waals surface area contributed by atoms with E-state index in [0.717, 1.165) is 25.7 Å². The third kappa shape index (κ3) is 1.78. The summed E-state index contributed by atoms with van der Waals surface area (Å²) in [5.74, 6) is 0. The zero-order valence-electron chi connectivity index (χ0n) is 8.13. The topological polar surface area (TPSA) is 77.0 Å². The van der Waals surface area contributed by atoms with Gasteiger partial charge in [-0.15, -0.1) is 0 Å². The molecule has 0 bridgehead atoms. The van der Waals surface area contributed by atoms with E-state index in [9.17, 15) is 5.11 Å². The lowest BCUT2D eigenvalue weighted by atomic mass is 9.80. The van der Waals surface area contributed by atoms with Crippen molar-refractivity contribution in [1.82, 2.24) is 14.8 Å². The summed E-state index contributed by atoms with van der Waals surface area (Å²) < 4.78 is 1.84. The van der Waals surface area contributed by atoms with Gasteiger partial charge in [0.05, 0.1) is 12.6 Å². The van der Waals surface area contributed by atoms with Crippen molar-refractivity contribution in [3.63, 3.8) is 0 Å². The number of hydrogen-bond donors (Lipinski definition) is 2. The van der Waals surface area contributed by atoms with Crippen LogP contribution in [0.2, 0.25) is 0 Å². The summed E-state index contributed by atoms with van der Waals surface area (Å²) in [6, 6.07) is 0.295. The lowest BCUT2D eigenvalue weighted by Gasteiger charge is -2.36. The number of rotatable bonds is 2. The molecule has 5 nitrogen and oxygen atoms in total. The van der Waals surface area contributed by atoms with Crippen LogP contribution in [0.3, 0.4) is 0 Å². The predicted octanol–water partition coefficient (Wildman–Crippen LogP) is 0.0830. The van der Waals surface area contributed by atoms with E-state index < -0.39 is 5.54 Å². The number of hydrogen-bond acceptors (Lipinski definition) is 4. The number of aliphatic hydroxyl groups is 1. The molecule has 0 spiro atoms. The monoisotopic (exact) mass is 196 g/mol. The first-order valence-electron chi connectivity index (χ1n) is 4.97. The zero-order chi connectivity index (χ0) is 10.0. The molecule has 1 heterocycles. The Morgan fingerprint density at radius 2 is 2.50 bits per heavy atom. The van der Waals surface area contributed by atoms with Gasteiger partial charge in [0.1, 0.15) is 12.7 Å². The zero-order valence-corrected chi connectivity index (χ0v) is 8.13. The summed E-state index contributed by atoms with van der Waals surface area (Å²) in [6.45, 7) is 0.0538. The van der Waals surface area contributed by atoms with Crippen molar-refractivity contribution in [3.8, 4) is 0 Å². The van der Waals surface area contributed by atoms with Crippen molar-refractivity contribution in [1.29, 1.82) is 0 Å². The van der Waals surface area contributed by atoms with E-state index in [1.165, 1.54) is 6.33 Å². The second kappa shape index (κ2) is 3.67. The molecule has 0 aliphatic heterocycles. The highest BCUT2D eigenvalue weighted by atomic mass is 16.3. The molecule has 0 amide bonds. The maximum absolute atomic E-state index is 9.20. The van der Waals surface area contributed by atoms with Crippen LogP contribution < -0.4 is 5.73 Å². The van der Waals surface area contributed by atoms with Gasteiger partial charge in [0, 0.05) is 5.54 Å². The highest BCUT2D eigenvalue weighted by Gasteiger charge is 2.33. The summed E-state index contributed by atoms with van der Waals surface area (Å²) in [4.78, 5) is 3.92. The van der Waals surface area contributed by atoms with E-state index in [2.05, 4.69) is 10.1 Å². The van der Waals surface area contributed by atoms with Crippen LogP contribution in [0.4, 0.5) is 0 Å². The average Bonchev–Trinajstić information content (AvgIpc) is 2.71. The maximum Gasteiger partial charge on any atom is 0.137 e. The first-order valence-corrected chi connectivity index (χ1v) is 4.97. The predicted molar refractivity (Wildman–Crippen MR) is 51.5 cm³/mol. The van der Waals surface area contributed by atoms with Crippen molar-refractivity contribution < 1.29 is 5.11 Å². The van der Waals surface area contributed by atoms with Crippen molar-refractivity contribution >= 4 is 0 Å². The second-order valence-electron chi connectivity index (χ2n) is 4.15. The highest BCUT2D eigenvalue weighted by Crippen LogP contribution is 2.32. The molecule has 1 fully saturated rings. The van der Waals surface area contributed by atoms with Gasteiger partial charge in [0.15, 0.2) is 0 Å². The van der Waals surface area contributed by atoms with Crippen LogP contribution >= 0.6 is 0 Å². The van der Waals surface area contributed by atoms with Crippen LogP contribution in [-0.2, 0) is 0 Å². The molecule has 2 rings (SSSR count). The van der Waals surface area contributed by atoms with E-state index in [4.69, 9.17) is 5.73 Å². The van der Waals surface area contributed by atoms with Gasteiger partial charge in [-0.25, -0.2) is 9.67 Å². The summed E-state index contributed by atoms with van der Waals surface area (Å²) in [6.07, 6.45) is 7.05. The molecule has 0 radical (unpaired) electrons. The smallest absolute Gasteiger partial charge is 0.137 e. The van der Waals surface area contributed by atoms with Crippen molar-refractivity contribution in [2.75, 3.05) is 6.61 Å². The second-order valence-corrected chi connectivity index (χ2v) is 4.15. The molecular weight excluding hydrogens is 180 g/mol. The largest absolute Gasteiger partial charge is 0.394 e. The molecule has 1 aliphatic carbocycles. The van der Waals surface area contributed by atoms with E-state index in [0.29, 0.717) is 6.04 Å². The van der Waals surface area contributed by atoms with Crippen molar-refractivity contribution in [3.05, 3.63) is 12.7 Å². The Hall–Kier alpha value is -0.940. The molecule has 2 unspecified atom stereocenters. The number of aliphatic hydroxyl groups excluding tert-OH is 1. The summed E-state index contributed by atoms with van der Waals surface area (Å²) in [5, 5.41) is 13.3. The van der Waals surface area contributed by atoms with Gasteiger partial charge >= 0.3 is 0 Å². The van der Waals surface area contributed by atoms with E-state index >= 15 is 0 Å². The van der Waals surface area contributed by atoms with Crippen LogP contribution in [0.5, 0.6) is 0 Å². The molecule has 0 aromatic carbocycles. The van der Waals surface area contributed by atoms with Crippen LogP contribution in [-0.4, -0.2) is 32.0 Å². The van der Waals surface area contributed by atoms with Gasteiger partial charge in [-0.1, -0.05) is 0 Å². The SMILES string of the molecule is NC1(CO)CCCC(n2cncn2)C1. The third-order valence-corrected chi connectivity index (χ3v) is 2.98. The Morgan fingerprint density at radius 1 is 1.64 bits per heavy atom. The quantitative estimate of drug-likeness (QED) is 0.702. The molecule has 0 saturated heterocycles. The van der Waals surface area contributed by atoms with Gasteiger partial charge < -0.3 is 10.8 Å². The molecule has 14 heavy (non-hydrogen) atoms. The minimum Gasteiger partial charge on any atom is -0.394 e. The summed E-state index contributed by atoms with van der Waals surface area (Å²) in [7, 11) is 0. The number of nitrogens with two attached hydrogens (primary N) is 1. The normalized spacial score (nSPS) is 33.1. The van der Waals surface area contributed by atoms with Crippen LogP contribution in [0.25, 0.3) is 0 Å². The van der Waals surface area contributed by atoms with E-state index in [1.54, 1.807) is 6.33 Å². The Balaban J connectivity index is 2.08. The Bertz CT molecular complexity index is 287. The van der Waals surface area contributed by atoms with Crippen molar-refractivity contribution in [2.45, 2.75) is 37.3 Å². The van der Waals surface area contributed by atoms with E-state index in [-0.39, 0.29) is 6.61 Å². The number of nitrogens with zero attached hydrogens (tertiary/aromatic N) is 3. The average molecular weight is 196 g/mol. The van der Waals surface area contributed by atoms with Gasteiger partial charge in [-0.3, -0.25) is 0 Å². The molecule has 5 heteroatoms. The minimum atomic E-state index is -0.422. The lowest BCUT2D eigenvalue weighted by Crippen LogP contribution is -2.47. The standard InChI is InChI=1S/C9H16N4O/c10-9(5-14)3-1-2-8(4-9)13-7-11-6-12-13/h6-8,14H,1-5,10H2. The first kappa shape index (κ1) is 9.61. The molecule has 3 N–H and O–H groups in total. The van der Waals surface area contributed by atoms with Crippen LogP contribution in [0, 0.1) is 0 Å². The molecule has 1 aliphatic rings. The van der Waals surface area contributed by atoms with E-state index in [1.807, 2.05) is 4.68 Å². The highest BCUT2D eigenvalue weighted by molar-refractivity contribution is 4.92. The van der Waals surface area contributed by atoms with Gasteiger partial charge in [-0.2, -0.15) is 5.10 Å². The molecular formula is C9H16N4O. The molecule has 1 aromatic heterocycles. The summed E-state index contributed by atoms with van der Waals surface area (Å²) in [5.41, 5.74) is 5.62. The number of aromatic nitrogens is 3. The fraction of sp³-hybridized carbons (Fsp3) is 0.778. The van der Waals surface area contributed by atoms with Gasteiger partial charge in [0.25, 0.3) is 0 Å². The summed E-state index contributed by atoms with van der Waals surface area (Å²) >= 11 is 0. The van der Waals surface area contributed by atoms with Gasteiger partial charge in [0.2, 0.25) is 0 Å². The van der Waals surface area contributed by atoms with Crippen LogP contribution in [0.1, 0.15) is 31.7 Å². The lowest BCUT2D eigenvalue weighted by molar-refractivity contribution is 0.127. The van der Waals surface area contributed by atoms with Crippen molar-refractivity contribution in [2.24, 2.45) is 5.73 Å². The Labute approximate surface area is 82.9 Å². The Morgan fingerprint density at radius 3 is 3.14 bits per heavy atom. The van der Waals surface area contributed by atoms with Crippen LogP contribution in [0.15, 0.2) is 12.7 Å². The molecule has 78 valence electrons. The fourth-order valence-electron chi connectivity index (χ4n) is 2.14. The Kier molecular flexibility index (Phi) is 2.52.